The van der Waals surface area contributed by atoms with Gasteiger partial charge in [-0.3, -0.25) is 4.98 Å². The second-order valence-corrected chi connectivity index (χ2v) is 6.48. The Morgan fingerprint density at radius 2 is 1.65 bits per heavy atom. The number of aryl methyl sites for hydroxylation is 2. The fourth-order valence-corrected chi connectivity index (χ4v) is 3.65. The van der Waals surface area contributed by atoms with E-state index >= 15 is 0 Å². The minimum Gasteiger partial charge on any atom is -0.508 e. The average Bonchev–Trinajstić information content (AvgIpc) is 2.65. The highest BCUT2D eigenvalue weighted by atomic mass is 16.4. The van der Waals surface area contributed by atoms with E-state index in [9.17, 15) is 10.3 Å². The fraction of sp³-hybridized carbons (Fsp3) is 0.182. The molecular formula is C22H22N2O2. The molecule has 2 aromatic carbocycles. The molecule has 0 unspecified atom stereocenters. The number of rotatable bonds is 4. The van der Waals surface area contributed by atoms with E-state index < -0.39 is 5.41 Å². The molecule has 0 saturated carbocycles. The van der Waals surface area contributed by atoms with Crippen molar-refractivity contribution in [2.75, 3.05) is 0 Å². The molecule has 3 rings (SSSR count). The second-order valence-electron chi connectivity index (χ2n) is 6.48. The van der Waals surface area contributed by atoms with Gasteiger partial charge in [0.1, 0.15) is 5.75 Å². The van der Waals surface area contributed by atoms with Crippen molar-refractivity contribution in [2.24, 2.45) is 5.16 Å². The van der Waals surface area contributed by atoms with Crippen molar-refractivity contribution >= 4 is 5.71 Å². The van der Waals surface area contributed by atoms with Crippen LogP contribution in [0, 0.1) is 13.8 Å². The summed E-state index contributed by atoms with van der Waals surface area (Å²) in [5, 5.41) is 23.2. The average molecular weight is 346 g/mol. The fourth-order valence-electron chi connectivity index (χ4n) is 3.65. The Labute approximate surface area is 153 Å². The van der Waals surface area contributed by atoms with Crippen LogP contribution in [0.4, 0.5) is 0 Å². The third kappa shape index (κ3) is 2.84. The van der Waals surface area contributed by atoms with Gasteiger partial charge in [-0.15, -0.1) is 0 Å². The molecule has 3 aromatic rings. The molecule has 0 amide bonds. The van der Waals surface area contributed by atoms with E-state index in [2.05, 4.69) is 10.1 Å². The third-order valence-electron chi connectivity index (χ3n) is 4.87. The molecule has 1 atom stereocenters. The molecule has 0 fully saturated rings. The molecule has 132 valence electrons. The van der Waals surface area contributed by atoms with E-state index in [-0.39, 0.29) is 5.75 Å². The zero-order valence-corrected chi connectivity index (χ0v) is 15.1. The number of hydrogen-bond acceptors (Lipinski definition) is 4. The lowest BCUT2D eigenvalue weighted by Crippen LogP contribution is -2.38. The maximum atomic E-state index is 9.79. The molecule has 0 aliphatic heterocycles. The quantitative estimate of drug-likeness (QED) is 0.412. The SMILES string of the molecule is C/C(=N/O)[C@](c1ccc(O)cc1)(c1ccnc(C)c1)c1ccccc1C. The summed E-state index contributed by atoms with van der Waals surface area (Å²) in [5.74, 6) is 0.192. The molecular weight excluding hydrogens is 324 g/mol. The lowest BCUT2D eigenvalue weighted by molar-refractivity contribution is 0.315. The maximum Gasteiger partial charge on any atom is 0.115 e. The molecule has 1 heterocycles. The van der Waals surface area contributed by atoms with Gasteiger partial charge < -0.3 is 10.3 Å². The molecule has 0 radical (unpaired) electrons. The first kappa shape index (κ1) is 17.7. The van der Waals surface area contributed by atoms with Gasteiger partial charge in [0.15, 0.2) is 0 Å². The van der Waals surface area contributed by atoms with Crippen molar-refractivity contribution in [3.8, 4) is 5.75 Å². The predicted octanol–water partition coefficient (Wildman–Crippen LogP) is 4.59. The highest BCUT2D eigenvalue weighted by Gasteiger charge is 2.41. The molecule has 0 aliphatic rings. The number of phenolic OH excluding ortho intramolecular Hbond substituents is 1. The van der Waals surface area contributed by atoms with Crippen LogP contribution in [0.15, 0.2) is 72.0 Å². The van der Waals surface area contributed by atoms with Gasteiger partial charge in [-0.1, -0.05) is 41.6 Å². The zero-order chi connectivity index (χ0) is 18.7. The lowest BCUT2D eigenvalue weighted by atomic mass is 9.65. The Morgan fingerprint density at radius 3 is 2.27 bits per heavy atom. The van der Waals surface area contributed by atoms with Crippen molar-refractivity contribution in [2.45, 2.75) is 26.2 Å². The predicted molar refractivity (Wildman–Crippen MR) is 103 cm³/mol. The van der Waals surface area contributed by atoms with E-state index in [1.54, 1.807) is 18.3 Å². The van der Waals surface area contributed by atoms with Crippen LogP contribution in [-0.4, -0.2) is 21.0 Å². The Morgan fingerprint density at radius 1 is 0.962 bits per heavy atom. The van der Waals surface area contributed by atoms with E-state index in [1.165, 1.54) is 0 Å². The number of nitrogens with zero attached hydrogens (tertiary/aromatic N) is 2. The molecule has 4 heteroatoms. The second kappa shape index (κ2) is 7.00. The number of hydrogen-bond donors (Lipinski definition) is 2. The minimum absolute atomic E-state index is 0.192. The van der Waals surface area contributed by atoms with E-state index in [0.717, 1.165) is 27.9 Å². The van der Waals surface area contributed by atoms with Gasteiger partial charge in [-0.05, 0) is 67.3 Å². The topological polar surface area (TPSA) is 65.7 Å². The maximum absolute atomic E-state index is 9.79. The summed E-state index contributed by atoms with van der Waals surface area (Å²) in [6.07, 6.45) is 1.77. The van der Waals surface area contributed by atoms with Crippen LogP contribution in [0.5, 0.6) is 5.75 Å². The van der Waals surface area contributed by atoms with Crippen molar-refractivity contribution in [1.29, 1.82) is 0 Å². The summed E-state index contributed by atoms with van der Waals surface area (Å²) in [4.78, 5) is 4.32. The van der Waals surface area contributed by atoms with Gasteiger partial charge in [0, 0.05) is 11.9 Å². The standard InChI is InChI=1S/C22H22N2O2/c1-15-6-4-5-7-21(15)22(17(3)24-26,18-8-10-20(25)11-9-18)19-12-13-23-16(2)14-19/h4-14,25-26H,1-3H3/b24-17-/t22-/m0/s1. The van der Waals surface area contributed by atoms with Crippen LogP contribution >= 0.6 is 0 Å². The van der Waals surface area contributed by atoms with Crippen LogP contribution in [0.2, 0.25) is 0 Å². The van der Waals surface area contributed by atoms with Gasteiger partial charge in [0.25, 0.3) is 0 Å². The molecule has 4 nitrogen and oxygen atoms in total. The highest BCUT2D eigenvalue weighted by molar-refractivity contribution is 6.00. The van der Waals surface area contributed by atoms with Crippen molar-refractivity contribution in [1.82, 2.24) is 4.98 Å². The minimum atomic E-state index is -0.790. The first-order valence-corrected chi connectivity index (χ1v) is 8.48. The highest BCUT2D eigenvalue weighted by Crippen LogP contribution is 2.42. The molecule has 0 saturated heterocycles. The van der Waals surface area contributed by atoms with Gasteiger partial charge in [-0.2, -0.15) is 0 Å². The van der Waals surface area contributed by atoms with Crippen molar-refractivity contribution < 1.29 is 10.3 Å². The van der Waals surface area contributed by atoms with Crippen molar-refractivity contribution in [3.05, 3.63) is 94.8 Å². The third-order valence-corrected chi connectivity index (χ3v) is 4.87. The number of phenols is 1. The summed E-state index contributed by atoms with van der Waals surface area (Å²) in [5.41, 5.74) is 4.60. The molecule has 1 aromatic heterocycles. The monoisotopic (exact) mass is 346 g/mol. The molecule has 26 heavy (non-hydrogen) atoms. The van der Waals surface area contributed by atoms with Gasteiger partial charge in [0.2, 0.25) is 0 Å². The smallest absolute Gasteiger partial charge is 0.115 e. The van der Waals surface area contributed by atoms with Crippen LogP contribution in [0.25, 0.3) is 0 Å². The number of pyridine rings is 1. The summed E-state index contributed by atoms with van der Waals surface area (Å²) in [7, 11) is 0. The van der Waals surface area contributed by atoms with Gasteiger partial charge in [0.05, 0.1) is 11.1 Å². The van der Waals surface area contributed by atoms with Gasteiger partial charge in [-0.25, -0.2) is 0 Å². The van der Waals surface area contributed by atoms with E-state index in [0.29, 0.717) is 5.71 Å². The number of benzene rings is 2. The molecule has 2 N–H and O–H groups in total. The van der Waals surface area contributed by atoms with E-state index in [4.69, 9.17) is 0 Å². The van der Waals surface area contributed by atoms with Crippen LogP contribution in [0.3, 0.4) is 0 Å². The normalized spacial score (nSPS) is 14.0. The van der Waals surface area contributed by atoms with Crippen LogP contribution in [-0.2, 0) is 5.41 Å². The summed E-state index contributed by atoms with van der Waals surface area (Å²) < 4.78 is 0. The Hall–Kier alpha value is -3.14. The summed E-state index contributed by atoms with van der Waals surface area (Å²) in [6.45, 7) is 5.80. The number of aromatic nitrogens is 1. The largest absolute Gasteiger partial charge is 0.508 e. The Kier molecular flexibility index (Phi) is 4.76. The summed E-state index contributed by atoms with van der Waals surface area (Å²) in [6, 6.07) is 19.1. The van der Waals surface area contributed by atoms with E-state index in [1.807, 2.05) is 69.3 Å². The molecule has 0 spiro atoms. The number of oxime groups is 1. The molecule has 0 bridgehead atoms. The van der Waals surface area contributed by atoms with Gasteiger partial charge >= 0.3 is 0 Å². The first-order chi connectivity index (χ1) is 12.5. The van der Waals surface area contributed by atoms with Crippen molar-refractivity contribution in [3.63, 3.8) is 0 Å². The Bertz CT molecular complexity index is 948. The lowest BCUT2D eigenvalue weighted by Gasteiger charge is -2.36. The zero-order valence-electron chi connectivity index (χ0n) is 15.1. The van der Waals surface area contributed by atoms with Crippen LogP contribution in [0.1, 0.15) is 34.9 Å². The summed E-state index contributed by atoms with van der Waals surface area (Å²) >= 11 is 0. The number of aromatic hydroxyl groups is 1. The first-order valence-electron chi connectivity index (χ1n) is 8.48. The Balaban J connectivity index is 2.47. The van der Waals surface area contributed by atoms with Crippen LogP contribution < -0.4 is 0 Å². The molecule has 0 aliphatic carbocycles.